The first kappa shape index (κ1) is 22.4. The molecule has 11 heteroatoms. The molecular formula is C24H20N6O4S. The van der Waals surface area contributed by atoms with E-state index in [0.717, 1.165) is 22.5 Å². The fourth-order valence-electron chi connectivity index (χ4n) is 3.53. The number of nitrogens with one attached hydrogen (secondary N) is 1. The topological polar surface area (TPSA) is 112 Å². The molecule has 1 amide bonds. The number of carbonyl (C=O) groups excluding carboxylic acids is 2. The highest BCUT2D eigenvalue weighted by Crippen LogP contribution is 2.25. The van der Waals surface area contributed by atoms with Crippen LogP contribution in [-0.4, -0.2) is 56.1 Å². The second-order valence-electron chi connectivity index (χ2n) is 7.47. The van der Waals surface area contributed by atoms with Crippen LogP contribution in [0.3, 0.4) is 0 Å². The molecule has 2 aromatic carbocycles. The van der Waals surface area contributed by atoms with E-state index < -0.39 is 5.97 Å². The van der Waals surface area contributed by atoms with Gasteiger partial charge in [-0.25, -0.2) is 9.31 Å². The molecule has 5 aromatic rings. The molecule has 5 rings (SSSR count). The van der Waals surface area contributed by atoms with Gasteiger partial charge in [0.25, 0.3) is 0 Å². The van der Waals surface area contributed by atoms with Gasteiger partial charge in [-0.1, -0.05) is 11.8 Å². The predicted octanol–water partition coefficient (Wildman–Crippen LogP) is 3.57. The van der Waals surface area contributed by atoms with Crippen LogP contribution in [0.5, 0.6) is 5.75 Å². The quantitative estimate of drug-likeness (QED) is 0.273. The summed E-state index contributed by atoms with van der Waals surface area (Å²) in [6.07, 6.45) is 3.64. The number of amides is 1. The largest absolute Gasteiger partial charge is 0.497 e. The number of anilines is 1. The average Bonchev–Trinajstić information content (AvgIpc) is 3.51. The van der Waals surface area contributed by atoms with Gasteiger partial charge in [0, 0.05) is 23.6 Å². The van der Waals surface area contributed by atoms with E-state index in [0.29, 0.717) is 22.1 Å². The highest BCUT2D eigenvalue weighted by Gasteiger charge is 2.14. The van der Waals surface area contributed by atoms with Gasteiger partial charge < -0.3 is 14.8 Å². The predicted molar refractivity (Wildman–Crippen MR) is 131 cm³/mol. The van der Waals surface area contributed by atoms with Crippen LogP contribution in [0.2, 0.25) is 0 Å². The molecule has 3 heterocycles. The Morgan fingerprint density at radius 3 is 2.49 bits per heavy atom. The Balaban J connectivity index is 1.30. The van der Waals surface area contributed by atoms with Crippen LogP contribution >= 0.6 is 11.8 Å². The van der Waals surface area contributed by atoms with E-state index in [1.165, 1.54) is 18.9 Å². The van der Waals surface area contributed by atoms with E-state index in [2.05, 4.69) is 25.3 Å². The van der Waals surface area contributed by atoms with Crippen molar-refractivity contribution in [1.29, 1.82) is 0 Å². The van der Waals surface area contributed by atoms with E-state index in [9.17, 15) is 9.59 Å². The summed E-state index contributed by atoms with van der Waals surface area (Å²) >= 11 is 1.27. The number of thioether (sulfide) groups is 1. The van der Waals surface area contributed by atoms with Crippen molar-refractivity contribution in [2.45, 2.75) is 5.16 Å². The summed E-state index contributed by atoms with van der Waals surface area (Å²) in [4.78, 5) is 24.0. The van der Waals surface area contributed by atoms with Gasteiger partial charge in [0.2, 0.25) is 5.91 Å². The minimum absolute atomic E-state index is 0.140. The van der Waals surface area contributed by atoms with E-state index >= 15 is 0 Å². The lowest BCUT2D eigenvalue weighted by Crippen LogP contribution is -2.14. The molecule has 10 nitrogen and oxygen atoms in total. The second kappa shape index (κ2) is 9.47. The zero-order valence-electron chi connectivity index (χ0n) is 18.8. The monoisotopic (exact) mass is 488 g/mol. The molecule has 3 aromatic heterocycles. The van der Waals surface area contributed by atoms with Gasteiger partial charge in [-0.3, -0.25) is 9.20 Å². The summed E-state index contributed by atoms with van der Waals surface area (Å²) in [6, 6.07) is 16.1. The van der Waals surface area contributed by atoms with Crippen LogP contribution in [0.15, 0.2) is 72.1 Å². The van der Waals surface area contributed by atoms with Crippen molar-refractivity contribution in [2.24, 2.45) is 0 Å². The molecule has 35 heavy (non-hydrogen) atoms. The number of hydrogen-bond acceptors (Lipinski definition) is 8. The molecule has 176 valence electrons. The number of ether oxygens (including phenoxy) is 2. The molecule has 0 saturated carbocycles. The molecule has 0 saturated heterocycles. The molecule has 0 radical (unpaired) electrons. The maximum atomic E-state index is 12.4. The lowest BCUT2D eigenvalue weighted by Gasteiger charge is -2.06. The number of aromatic nitrogens is 5. The third-order valence-corrected chi connectivity index (χ3v) is 6.24. The number of fused-ring (bicyclic) bond motifs is 3. The molecule has 0 fully saturated rings. The normalized spacial score (nSPS) is 11.0. The standard InChI is InChI=1S/C24H20N6O4S/c1-33-18-9-5-15(6-10-18)19-13-20-22-26-27-24(29(22)11-12-30(20)28-19)35-14-21(31)25-17-7-3-16(4-8-17)23(32)34-2/h3-13H,14H2,1-2H3,(H,25,31). The van der Waals surface area contributed by atoms with Crippen molar-refractivity contribution in [1.82, 2.24) is 24.2 Å². The number of rotatable bonds is 7. The van der Waals surface area contributed by atoms with Crippen LogP contribution in [0.1, 0.15) is 10.4 Å². The Labute approximate surface area is 203 Å². The van der Waals surface area contributed by atoms with Crippen molar-refractivity contribution >= 4 is 40.5 Å². The first-order chi connectivity index (χ1) is 17.1. The maximum absolute atomic E-state index is 12.4. The second-order valence-corrected chi connectivity index (χ2v) is 8.41. The highest BCUT2D eigenvalue weighted by molar-refractivity contribution is 7.99. The van der Waals surface area contributed by atoms with Crippen LogP contribution in [0.25, 0.3) is 22.4 Å². The maximum Gasteiger partial charge on any atom is 0.337 e. The van der Waals surface area contributed by atoms with Crippen molar-refractivity contribution in [3.8, 4) is 17.0 Å². The third-order valence-electron chi connectivity index (χ3n) is 5.29. The minimum atomic E-state index is -0.430. The summed E-state index contributed by atoms with van der Waals surface area (Å²) in [5.74, 6) is 0.285. The number of esters is 1. The molecule has 1 N–H and O–H groups in total. The zero-order valence-corrected chi connectivity index (χ0v) is 19.7. The summed E-state index contributed by atoms with van der Waals surface area (Å²) in [5, 5.41) is 16.6. The van der Waals surface area contributed by atoms with Gasteiger partial charge in [0.05, 0.1) is 31.2 Å². The molecule has 0 atom stereocenters. The molecule has 0 spiro atoms. The van der Waals surface area contributed by atoms with Gasteiger partial charge in [0.15, 0.2) is 10.8 Å². The van der Waals surface area contributed by atoms with Gasteiger partial charge in [-0.05, 0) is 54.6 Å². The lowest BCUT2D eigenvalue weighted by atomic mass is 10.1. The van der Waals surface area contributed by atoms with Gasteiger partial charge in [-0.2, -0.15) is 5.10 Å². The molecule has 0 aliphatic carbocycles. The molecule has 0 aliphatic heterocycles. The lowest BCUT2D eigenvalue weighted by molar-refractivity contribution is -0.113. The molecular weight excluding hydrogens is 468 g/mol. The third kappa shape index (κ3) is 4.53. The van der Waals surface area contributed by atoms with E-state index in [-0.39, 0.29) is 11.7 Å². The zero-order chi connectivity index (χ0) is 24.4. The van der Waals surface area contributed by atoms with Crippen LogP contribution in [0.4, 0.5) is 5.69 Å². The summed E-state index contributed by atoms with van der Waals surface area (Å²) in [6.45, 7) is 0. The van der Waals surface area contributed by atoms with Crippen LogP contribution < -0.4 is 10.1 Å². The van der Waals surface area contributed by atoms with Gasteiger partial charge in [-0.15, -0.1) is 10.2 Å². The number of nitrogens with zero attached hydrogens (tertiary/aromatic N) is 5. The highest BCUT2D eigenvalue weighted by atomic mass is 32.2. The average molecular weight is 489 g/mol. The summed E-state index contributed by atoms with van der Waals surface area (Å²) < 4.78 is 13.5. The van der Waals surface area contributed by atoms with Gasteiger partial charge >= 0.3 is 5.97 Å². The Morgan fingerprint density at radius 1 is 1.00 bits per heavy atom. The van der Waals surface area contributed by atoms with E-state index in [1.807, 2.05) is 47.1 Å². The SMILES string of the molecule is COC(=O)c1ccc(NC(=O)CSc2nnc3c4cc(-c5ccc(OC)cc5)nn4ccn23)cc1. The fraction of sp³-hybridized carbons (Fsp3) is 0.125. The first-order valence-electron chi connectivity index (χ1n) is 10.5. The Bertz CT molecular complexity index is 1530. The number of carbonyl (C=O) groups is 2. The van der Waals surface area contributed by atoms with E-state index in [4.69, 9.17) is 4.74 Å². The minimum Gasteiger partial charge on any atom is -0.497 e. The van der Waals surface area contributed by atoms with Crippen molar-refractivity contribution < 1.29 is 19.1 Å². The van der Waals surface area contributed by atoms with E-state index in [1.54, 1.807) is 35.9 Å². The van der Waals surface area contributed by atoms with Crippen molar-refractivity contribution in [3.05, 3.63) is 72.6 Å². The number of benzene rings is 2. The van der Waals surface area contributed by atoms with Crippen molar-refractivity contribution in [2.75, 3.05) is 25.3 Å². The van der Waals surface area contributed by atoms with Crippen molar-refractivity contribution in [3.63, 3.8) is 0 Å². The Hall–Kier alpha value is -4.38. The Morgan fingerprint density at radius 2 is 1.77 bits per heavy atom. The van der Waals surface area contributed by atoms with Gasteiger partial charge in [0.1, 0.15) is 11.3 Å². The first-order valence-corrected chi connectivity index (χ1v) is 11.5. The number of hydrogen-bond donors (Lipinski definition) is 1. The number of methoxy groups -OCH3 is 2. The fourth-order valence-corrected chi connectivity index (χ4v) is 4.24. The van der Waals surface area contributed by atoms with Crippen LogP contribution in [0, 0.1) is 0 Å². The van der Waals surface area contributed by atoms with Crippen LogP contribution in [-0.2, 0) is 9.53 Å². The Kier molecular flexibility index (Phi) is 6.06. The molecule has 0 aliphatic rings. The smallest absolute Gasteiger partial charge is 0.337 e. The molecule has 0 bridgehead atoms. The summed E-state index contributed by atoms with van der Waals surface area (Å²) in [5.41, 5.74) is 4.19. The molecule has 0 unspecified atom stereocenters. The summed E-state index contributed by atoms with van der Waals surface area (Å²) in [7, 11) is 2.95.